The van der Waals surface area contributed by atoms with Crippen LogP contribution in [0.15, 0.2) is 36.5 Å². The standard InChI is InChI=1S/C12H13BrN2/c1-9(7-13)11-8-14-15-12(11)10-5-3-2-4-6-10/h2-6,8-9H,7H2,1H3,(H,14,15). The molecule has 1 aromatic carbocycles. The van der Waals surface area contributed by atoms with Crippen molar-refractivity contribution < 1.29 is 0 Å². The summed E-state index contributed by atoms with van der Waals surface area (Å²) < 4.78 is 0. The second-order valence-electron chi connectivity index (χ2n) is 3.62. The van der Waals surface area contributed by atoms with Gasteiger partial charge < -0.3 is 0 Å². The van der Waals surface area contributed by atoms with E-state index in [1.54, 1.807) is 0 Å². The highest BCUT2D eigenvalue weighted by molar-refractivity contribution is 9.09. The molecule has 0 radical (unpaired) electrons. The fourth-order valence-electron chi connectivity index (χ4n) is 1.59. The van der Waals surface area contributed by atoms with Crippen LogP contribution in [0.2, 0.25) is 0 Å². The quantitative estimate of drug-likeness (QED) is 0.844. The lowest BCUT2D eigenvalue weighted by Crippen LogP contribution is -1.94. The van der Waals surface area contributed by atoms with Gasteiger partial charge in [-0.25, -0.2) is 0 Å². The highest BCUT2D eigenvalue weighted by atomic mass is 79.9. The summed E-state index contributed by atoms with van der Waals surface area (Å²) in [6.07, 6.45) is 1.91. The van der Waals surface area contributed by atoms with Crippen molar-refractivity contribution in [2.75, 3.05) is 5.33 Å². The molecule has 1 unspecified atom stereocenters. The Labute approximate surface area is 97.8 Å². The number of alkyl halides is 1. The van der Waals surface area contributed by atoms with Crippen molar-refractivity contribution in [1.82, 2.24) is 10.2 Å². The highest BCUT2D eigenvalue weighted by Crippen LogP contribution is 2.27. The van der Waals surface area contributed by atoms with Gasteiger partial charge in [-0.15, -0.1) is 0 Å². The zero-order valence-electron chi connectivity index (χ0n) is 8.57. The molecule has 0 fully saturated rings. The first kappa shape index (κ1) is 10.4. The maximum atomic E-state index is 4.12. The molecule has 2 nitrogen and oxygen atoms in total. The summed E-state index contributed by atoms with van der Waals surface area (Å²) >= 11 is 3.50. The summed E-state index contributed by atoms with van der Waals surface area (Å²) in [5, 5.41) is 8.14. The molecule has 0 spiro atoms. The van der Waals surface area contributed by atoms with Gasteiger partial charge in [0.1, 0.15) is 0 Å². The summed E-state index contributed by atoms with van der Waals surface area (Å²) in [5.41, 5.74) is 3.58. The Hall–Kier alpha value is -1.09. The number of rotatable bonds is 3. The molecule has 1 aromatic heterocycles. The van der Waals surface area contributed by atoms with Gasteiger partial charge in [-0.1, -0.05) is 53.2 Å². The van der Waals surface area contributed by atoms with Crippen LogP contribution in [0.3, 0.4) is 0 Å². The molecule has 0 bridgehead atoms. The Morgan fingerprint density at radius 2 is 2.07 bits per heavy atom. The lowest BCUT2D eigenvalue weighted by Gasteiger charge is -2.08. The Kier molecular flexibility index (Phi) is 3.21. The Morgan fingerprint density at radius 3 is 2.73 bits per heavy atom. The molecular weight excluding hydrogens is 252 g/mol. The van der Waals surface area contributed by atoms with Gasteiger partial charge in [0.2, 0.25) is 0 Å². The van der Waals surface area contributed by atoms with Gasteiger partial charge in [-0.3, -0.25) is 5.10 Å². The van der Waals surface area contributed by atoms with E-state index in [1.807, 2.05) is 24.4 Å². The van der Waals surface area contributed by atoms with E-state index in [0.29, 0.717) is 5.92 Å². The molecule has 0 amide bonds. The third-order valence-electron chi connectivity index (χ3n) is 2.49. The number of aromatic nitrogens is 2. The van der Waals surface area contributed by atoms with Crippen LogP contribution in [-0.4, -0.2) is 15.5 Å². The Balaban J connectivity index is 2.41. The number of hydrogen-bond donors (Lipinski definition) is 1. The molecule has 0 aliphatic rings. The van der Waals surface area contributed by atoms with Crippen LogP contribution in [0.4, 0.5) is 0 Å². The van der Waals surface area contributed by atoms with Gasteiger partial charge in [0.25, 0.3) is 0 Å². The molecule has 15 heavy (non-hydrogen) atoms. The van der Waals surface area contributed by atoms with E-state index in [2.05, 4.69) is 45.2 Å². The molecule has 0 aliphatic carbocycles. The summed E-state index contributed by atoms with van der Waals surface area (Å²) in [4.78, 5) is 0. The number of hydrogen-bond acceptors (Lipinski definition) is 1. The maximum Gasteiger partial charge on any atom is 0.0685 e. The van der Waals surface area contributed by atoms with Gasteiger partial charge in [0.05, 0.1) is 11.9 Å². The van der Waals surface area contributed by atoms with Crippen molar-refractivity contribution in [3.8, 4) is 11.3 Å². The van der Waals surface area contributed by atoms with Crippen LogP contribution in [0.25, 0.3) is 11.3 Å². The highest BCUT2D eigenvalue weighted by Gasteiger charge is 2.12. The SMILES string of the molecule is CC(CBr)c1cn[nH]c1-c1ccccc1. The summed E-state index contributed by atoms with van der Waals surface area (Å²) in [7, 11) is 0. The van der Waals surface area contributed by atoms with Gasteiger partial charge >= 0.3 is 0 Å². The lowest BCUT2D eigenvalue weighted by molar-refractivity contribution is 0.891. The zero-order chi connectivity index (χ0) is 10.7. The van der Waals surface area contributed by atoms with E-state index in [0.717, 1.165) is 11.0 Å². The maximum absolute atomic E-state index is 4.12. The number of benzene rings is 1. The van der Waals surface area contributed by atoms with Crippen LogP contribution in [0.5, 0.6) is 0 Å². The zero-order valence-corrected chi connectivity index (χ0v) is 10.2. The topological polar surface area (TPSA) is 28.7 Å². The normalized spacial score (nSPS) is 12.7. The lowest BCUT2D eigenvalue weighted by atomic mass is 10.00. The first-order valence-electron chi connectivity index (χ1n) is 4.97. The molecular formula is C12H13BrN2. The predicted octanol–water partition coefficient (Wildman–Crippen LogP) is 3.58. The van der Waals surface area contributed by atoms with Crippen molar-refractivity contribution in [3.05, 3.63) is 42.1 Å². The molecule has 0 saturated carbocycles. The van der Waals surface area contributed by atoms with Gasteiger partial charge in [-0.05, 0) is 11.5 Å². The van der Waals surface area contributed by atoms with Crippen molar-refractivity contribution in [1.29, 1.82) is 0 Å². The smallest absolute Gasteiger partial charge is 0.0685 e. The van der Waals surface area contributed by atoms with Crippen LogP contribution < -0.4 is 0 Å². The summed E-state index contributed by atoms with van der Waals surface area (Å²) in [5.74, 6) is 0.471. The fraction of sp³-hybridized carbons (Fsp3) is 0.250. The van der Waals surface area contributed by atoms with E-state index in [-0.39, 0.29) is 0 Å². The van der Waals surface area contributed by atoms with Crippen molar-refractivity contribution in [2.45, 2.75) is 12.8 Å². The molecule has 0 aliphatic heterocycles. The first-order chi connectivity index (χ1) is 7.33. The largest absolute Gasteiger partial charge is 0.278 e. The van der Waals surface area contributed by atoms with E-state index < -0.39 is 0 Å². The second-order valence-corrected chi connectivity index (χ2v) is 4.27. The van der Waals surface area contributed by atoms with Crippen LogP contribution in [-0.2, 0) is 0 Å². The third kappa shape index (κ3) is 2.12. The second kappa shape index (κ2) is 4.62. The minimum atomic E-state index is 0.471. The number of nitrogens with one attached hydrogen (secondary N) is 1. The van der Waals surface area contributed by atoms with Crippen molar-refractivity contribution >= 4 is 15.9 Å². The van der Waals surface area contributed by atoms with Crippen LogP contribution in [0, 0.1) is 0 Å². The minimum absolute atomic E-state index is 0.471. The van der Waals surface area contributed by atoms with Crippen molar-refractivity contribution in [2.24, 2.45) is 0 Å². The number of aromatic amines is 1. The first-order valence-corrected chi connectivity index (χ1v) is 6.09. The molecule has 2 aromatic rings. The van der Waals surface area contributed by atoms with Gasteiger partial charge in [-0.2, -0.15) is 5.10 Å². The average Bonchev–Trinajstić information content (AvgIpc) is 2.78. The summed E-state index contributed by atoms with van der Waals surface area (Å²) in [6, 6.07) is 10.3. The van der Waals surface area contributed by atoms with E-state index in [4.69, 9.17) is 0 Å². The molecule has 1 heterocycles. The van der Waals surface area contributed by atoms with E-state index >= 15 is 0 Å². The molecule has 1 N–H and O–H groups in total. The van der Waals surface area contributed by atoms with E-state index in [1.165, 1.54) is 11.1 Å². The fourth-order valence-corrected chi connectivity index (χ4v) is 1.94. The molecule has 2 rings (SSSR count). The van der Waals surface area contributed by atoms with E-state index in [9.17, 15) is 0 Å². The number of H-pyrrole nitrogens is 1. The molecule has 0 saturated heterocycles. The van der Waals surface area contributed by atoms with Crippen molar-refractivity contribution in [3.63, 3.8) is 0 Å². The number of nitrogens with zero attached hydrogens (tertiary/aromatic N) is 1. The minimum Gasteiger partial charge on any atom is -0.278 e. The average molecular weight is 265 g/mol. The number of halogens is 1. The van der Waals surface area contributed by atoms with Crippen LogP contribution >= 0.6 is 15.9 Å². The molecule has 1 atom stereocenters. The predicted molar refractivity (Wildman–Crippen MR) is 66.2 cm³/mol. The summed E-state index contributed by atoms with van der Waals surface area (Å²) in [6.45, 7) is 2.19. The van der Waals surface area contributed by atoms with Gasteiger partial charge in [0.15, 0.2) is 0 Å². The molecule has 3 heteroatoms. The third-order valence-corrected chi connectivity index (χ3v) is 3.46. The van der Waals surface area contributed by atoms with Crippen LogP contribution in [0.1, 0.15) is 18.4 Å². The Morgan fingerprint density at radius 1 is 1.33 bits per heavy atom. The van der Waals surface area contributed by atoms with Gasteiger partial charge in [0, 0.05) is 10.9 Å². The monoisotopic (exact) mass is 264 g/mol. The Bertz CT molecular complexity index is 422. The molecule has 78 valence electrons.